The van der Waals surface area contributed by atoms with E-state index in [0.29, 0.717) is 43.4 Å². The molecule has 0 saturated carbocycles. The van der Waals surface area contributed by atoms with E-state index in [1.807, 2.05) is 11.4 Å². The van der Waals surface area contributed by atoms with Gasteiger partial charge >= 0.3 is 5.97 Å². The van der Waals surface area contributed by atoms with E-state index >= 15 is 0 Å². The molecule has 0 spiro atoms. The molecule has 4 heterocycles. The first-order valence-electron chi connectivity index (χ1n) is 10.3. The van der Waals surface area contributed by atoms with Crippen LogP contribution in [-0.4, -0.2) is 32.6 Å². The summed E-state index contributed by atoms with van der Waals surface area (Å²) in [6.07, 6.45) is 1.59. The maximum Gasteiger partial charge on any atom is 0.307 e. The van der Waals surface area contributed by atoms with Crippen molar-refractivity contribution in [3.63, 3.8) is 0 Å². The molecule has 0 aliphatic rings. The number of fused-ring (bicyclic) bond motifs is 2. The third-order valence-corrected chi connectivity index (χ3v) is 7.07. The molecule has 1 N–H and O–H groups in total. The molecule has 0 amide bonds. The molecule has 0 fully saturated rings. The van der Waals surface area contributed by atoms with Gasteiger partial charge in [-0.15, -0.1) is 11.3 Å². The van der Waals surface area contributed by atoms with Crippen LogP contribution >= 0.6 is 23.1 Å². The van der Waals surface area contributed by atoms with Gasteiger partial charge in [-0.1, -0.05) is 23.9 Å². The first-order valence-corrected chi connectivity index (χ1v) is 12.1. The fourth-order valence-corrected chi connectivity index (χ4v) is 5.41. The van der Waals surface area contributed by atoms with Gasteiger partial charge in [0.25, 0.3) is 11.1 Å². The Balaban J connectivity index is 1.48. The van der Waals surface area contributed by atoms with Crippen molar-refractivity contribution in [1.82, 2.24) is 19.5 Å². The second-order valence-corrected chi connectivity index (χ2v) is 9.10. The van der Waals surface area contributed by atoms with E-state index in [4.69, 9.17) is 9.15 Å². The number of thiophene rings is 1. The van der Waals surface area contributed by atoms with Crippen LogP contribution in [0.15, 0.2) is 67.2 Å². The van der Waals surface area contributed by atoms with E-state index in [9.17, 15) is 14.4 Å². The minimum absolute atomic E-state index is 0.0375. The predicted octanol–water partition coefficient (Wildman–Crippen LogP) is 3.81. The lowest BCUT2D eigenvalue weighted by Crippen LogP contribution is -2.25. The number of methoxy groups -OCH3 is 1. The Labute approximate surface area is 200 Å². The number of rotatable bonds is 7. The largest absolute Gasteiger partial charge is 0.469 e. The Morgan fingerprint density at radius 1 is 1.21 bits per heavy atom. The Morgan fingerprint density at radius 2 is 2.06 bits per heavy atom. The number of para-hydroxylation sites is 1. The van der Waals surface area contributed by atoms with Crippen LogP contribution in [0.4, 0.5) is 0 Å². The average Bonchev–Trinajstić information content (AvgIpc) is 3.52. The molecule has 0 saturated heterocycles. The van der Waals surface area contributed by atoms with E-state index in [2.05, 4.69) is 15.0 Å². The number of ether oxygens (including phenoxy) is 1. The van der Waals surface area contributed by atoms with Crippen LogP contribution in [0.3, 0.4) is 0 Å². The highest BCUT2D eigenvalue weighted by Gasteiger charge is 2.17. The van der Waals surface area contributed by atoms with Crippen LogP contribution in [-0.2, 0) is 21.8 Å². The number of aromatic amines is 1. The Morgan fingerprint density at radius 3 is 2.85 bits per heavy atom. The molecular weight excluding hydrogens is 476 g/mol. The van der Waals surface area contributed by atoms with Gasteiger partial charge in [0.15, 0.2) is 5.16 Å². The van der Waals surface area contributed by atoms with E-state index in [1.54, 1.807) is 36.6 Å². The maximum atomic E-state index is 13.1. The second-order valence-electron chi connectivity index (χ2n) is 7.30. The number of hydrogen-bond acceptors (Lipinski definition) is 9. The Kier molecular flexibility index (Phi) is 6.03. The number of nitrogens with zero attached hydrogens (tertiary/aromatic N) is 3. The van der Waals surface area contributed by atoms with Crippen molar-refractivity contribution < 1.29 is 13.9 Å². The fraction of sp³-hybridized carbons (Fsp3) is 0.174. The van der Waals surface area contributed by atoms with Gasteiger partial charge in [0, 0.05) is 17.5 Å². The average molecular weight is 495 g/mol. The molecule has 9 nitrogen and oxygen atoms in total. The van der Waals surface area contributed by atoms with Crippen LogP contribution in [0.1, 0.15) is 12.2 Å². The standard InChI is InChI=1S/C23H18N4O5S2/c1-31-18(28)8-9-27-22(30)13-5-2-3-6-15(13)24-23(27)34-12-17-25-20(29)19-14(11-33-21(19)26-17)16-7-4-10-32-16/h2-7,10-11H,8-9,12H2,1H3,(H,25,26,29). The lowest BCUT2D eigenvalue weighted by Gasteiger charge is -2.12. The number of aromatic nitrogens is 4. The zero-order valence-corrected chi connectivity index (χ0v) is 19.6. The molecule has 5 aromatic rings. The van der Waals surface area contributed by atoms with Gasteiger partial charge in [0.2, 0.25) is 0 Å². The van der Waals surface area contributed by atoms with Crippen LogP contribution in [0, 0.1) is 0 Å². The summed E-state index contributed by atoms with van der Waals surface area (Å²) in [6, 6.07) is 10.6. The molecule has 0 atom stereocenters. The quantitative estimate of drug-likeness (QED) is 0.206. The smallest absolute Gasteiger partial charge is 0.307 e. The Bertz CT molecular complexity index is 1620. The van der Waals surface area contributed by atoms with Crippen molar-refractivity contribution in [2.24, 2.45) is 0 Å². The van der Waals surface area contributed by atoms with Crippen LogP contribution in [0.5, 0.6) is 0 Å². The summed E-state index contributed by atoms with van der Waals surface area (Å²) >= 11 is 2.62. The number of nitrogens with one attached hydrogen (secondary N) is 1. The van der Waals surface area contributed by atoms with E-state index in [1.165, 1.54) is 34.8 Å². The molecule has 11 heteroatoms. The highest BCUT2D eigenvalue weighted by molar-refractivity contribution is 7.98. The van der Waals surface area contributed by atoms with E-state index in [0.717, 1.165) is 0 Å². The summed E-state index contributed by atoms with van der Waals surface area (Å²) in [5.74, 6) is 0.924. The summed E-state index contributed by atoms with van der Waals surface area (Å²) in [5.41, 5.74) is 0.756. The summed E-state index contributed by atoms with van der Waals surface area (Å²) in [5, 5.41) is 3.22. The maximum absolute atomic E-state index is 13.1. The SMILES string of the molecule is COC(=O)CCn1c(SCc2nc3scc(-c4ccco4)c3c(=O)[nH]2)nc2ccccc2c1=O. The summed E-state index contributed by atoms with van der Waals surface area (Å²) in [6.45, 7) is 0.131. The lowest BCUT2D eigenvalue weighted by molar-refractivity contribution is -0.140. The molecule has 0 bridgehead atoms. The van der Waals surface area contributed by atoms with E-state index in [-0.39, 0.29) is 29.8 Å². The Hall–Kier alpha value is -3.70. The number of benzene rings is 1. The lowest BCUT2D eigenvalue weighted by atomic mass is 10.2. The number of carbonyl (C=O) groups is 1. The fourth-order valence-electron chi connectivity index (χ4n) is 3.57. The highest BCUT2D eigenvalue weighted by Crippen LogP contribution is 2.31. The molecule has 1 aromatic carbocycles. The van der Waals surface area contributed by atoms with Crippen molar-refractivity contribution in [2.45, 2.75) is 23.9 Å². The van der Waals surface area contributed by atoms with Gasteiger partial charge in [0.05, 0.1) is 41.8 Å². The van der Waals surface area contributed by atoms with Gasteiger partial charge in [-0.05, 0) is 24.3 Å². The molecule has 0 unspecified atom stereocenters. The third kappa shape index (κ3) is 4.15. The van der Waals surface area contributed by atoms with Crippen molar-refractivity contribution >= 4 is 50.2 Å². The minimum atomic E-state index is -0.419. The van der Waals surface area contributed by atoms with Gasteiger partial charge in [-0.25, -0.2) is 9.97 Å². The molecule has 0 radical (unpaired) electrons. The predicted molar refractivity (Wildman–Crippen MR) is 130 cm³/mol. The van der Waals surface area contributed by atoms with Gasteiger partial charge in [-0.2, -0.15) is 0 Å². The number of H-pyrrole nitrogens is 1. The van der Waals surface area contributed by atoms with Crippen LogP contribution < -0.4 is 11.1 Å². The topological polar surface area (TPSA) is 120 Å². The van der Waals surface area contributed by atoms with Crippen molar-refractivity contribution in [1.29, 1.82) is 0 Å². The number of hydrogen-bond donors (Lipinski definition) is 1. The molecule has 0 aliphatic heterocycles. The molecule has 0 aliphatic carbocycles. The van der Waals surface area contributed by atoms with Crippen molar-refractivity contribution in [3.05, 3.63) is 74.6 Å². The number of carbonyl (C=O) groups excluding carboxylic acids is 1. The highest BCUT2D eigenvalue weighted by atomic mass is 32.2. The van der Waals surface area contributed by atoms with Gasteiger partial charge < -0.3 is 14.1 Å². The molecule has 34 heavy (non-hydrogen) atoms. The van der Waals surface area contributed by atoms with Crippen LogP contribution in [0.25, 0.3) is 32.4 Å². The zero-order chi connectivity index (χ0) is 23.7. The number of esters is 1. The zero-order valence-electron chi connectivity index (χ0n) is 17.9. The number of furan rings is 1. The molecule has 5 rings (SSSR count). The molecule has 172 valence electrons. The summed E-state index contributed by atoms with van der Waals surface area (Å²) in [7, 11) is 1.31. The van der Waals surface area contributed by atoms with E-state index < -0.39 is 5.97 Å². The molecular formula is C23H18N4O5S2. The van der Waals surface area contributed by atoms with Crippen molar-refractivity contribution in [3.8, 4) is 11.3 Å². The summed E-state index contributed by atoms with van der Waals surface area (Å²) < 4.78 is 11.6. The minimum Gasteiger partial charge on any atom is -0.469 e. The first-order chi connectivity index (χ1) is 16.5. The normalized spacial score (nSPS) is 11.3. The number of thioether (sulfide) groups is 1. The monoisotopic (exact) mass is 494 g/mol. The summed E-state index contributed by atoms with van der Waals surface area (Å²) in [4.78, 5) is 50.2. The molecule has 4 aromatic heterocycles. The van der Waals surface area contributed by atoms with Gasteiger partial charge in [0.1, 0.15) is 16.4 Å². The third-order valence-electron chi connectivity index (χ3n) is 5.21. The van der Waals surface area contributed by atoms with Crippen molar-refractivity contribution in [2.75, 3.05) is 7.11 Å². The second kappa shape index (κ2) is 9.27. The van der Waals surface area contributed by atoms with Crippen LogP contribution in [0.2, 0.25) is 0 Å². The van der Waals surface area contributed by atoms with Gasteiger partial charge in [-0.3, -0.25) is 19.0 Å². The first kappa shape index (κ1) is 22.1.